The van der Waals surface area contributed by atoms with Gasteiger partial charge >= 0.3 is 5.97 Å². The van der Waals surface area contributed by atoms with Gasteiger partial charge in [0.1, 0.15) is 18.1 Å². The SMILES string of the molecule is CCC(C)C(N)C(=O)NC(CS)C(=O)NC(CC(C)C)C(=O)NC(CC(N)=O)C(=O)O. The van der Waals surface area contributed by atoms with Gasteiger partial charge in [0.25, 0.3) is 0 Å². The van der Waals surface area contributed by atoms with Crippen LogP contribution in [0.4, 0.5) is 0 Å². The van der Waals surface area contributed by atoms with Crippen LogP contribution in [-0.4, -0.2) is 64.6 Å². The molecule has 0 bridgehead atoms. The number of nitrogens with two attached hydrogens (primary N) is 2. The van der Waals surface area contributed by atoms with Gasteiger partial charge in [0.05, 0.1) is 12.5 Å². The van der Waals surface area contributed by atoms with Crippen molar-refractivity contribution in [3.05, 3.63) is 0 Å². The third-order valence-corrected chi connectivity index (χ3v) is 5.10. The Hall–Kier alpha value is -2.34. The van der Waals surface area contributed by atoms with Gasteiger partial charge in [-0.1, -0.05) is 34.1 Å². The first-order valence-electron chi connectivity index (χ1n) is 10.1. The fraction of sp³-hybridized carbons (Fsp3) is 0.737. The fourth-order valence-electron chi connectivity index (χ4n) is 2.62. The van der Waals surface area contributed by atoms with E-state index < -0.39 is 60.2 Å². The molecule has 5 unspecified atom stereocenters. The molecule has 0 saturated heterocycles. The van der Waals surface area contributed by atoms with Crippen molar-refractivity contribution < 1.29 is 29.1 Å². The lowest BCUT2D eigenvalue weighted by molar-refractivity contribution is -0.143. The molecule has 0 aliphatic carbocycles. The van der Waals surface area contributed by atoms with E-state index in [4.69, 9.17) is 11.5 Å². The summed E-state index contributed by atoms with van der Waals surface area (Å²) in [6.07, 6.45) is 0.283. The summed E-state index contributed by atoms with van der Waals surface area (Å²) >= 11 is 4.09. The predicted molar refractivity (Wildman–Crippen MR) is 118 cm³/mol. The zero-order chi connectivity index (χ0) is 24.3. The Labute approximate surface area is 187 Å². The Balaban J connectivity index is 5.32. The molecule has 0 aromatic rings. The van der Waals surface area contributed by atoms with Crippen LogP contribution >= 0.6 is 12.6 Å². The molecule has 12 heteroatoms. The number of thiol groups is 1. The van der Waals surface area contributed by atoms with Crippen LogP contribution in [0, 0.1) is 11.8 Å². The summed E-state index contributed by atoms with van der Waals surface area (Å²) in [5.74, 6) is -4.45. The van der Waals surface area contributed by atoms with E-state index in [2.05, 4.69) is 28.6 Å². The maximum atomic E-state index is 12.7. The van der Waals surface area contributed by atoms with E-state index in [-0.39, 0.29) is 24.0 Å². The van der Waals surface area contributed by atoms with Crippen LogP contribution in [0.2, 0.25) is 0 Å². The molecule has 0 saturated carbocycles. The predicted octanol–water partition coefficient (Wildman–Crippen LogP) is -1.25. The Morgan fingerprint density at radius 1 is 0.903 bits per heavy atom. The van der Waals surface area contributed by atoms with E-state index in [9.17, 15) is 29.1 Å². The molecule has 5 atom stereocenters. The Bertz CT molecular complexity index is 660. The molecular formula is C19H35N5O6S. The molecule has 0 rings (SSSR count). The van der Waals surface area contributed by atoms with E-state index in [0.29, 0.717) is 6.42 Å². The van der Waals surface area contributed by atoms with Crippen molar-refractivity contribution in [2.45, 2.75) is 71.1 Å². The van der Waals surface area contributed by atoms with Gasteiger partial charge in [-0.3, -0.25) is 19.2 Å². The van der Waals surface area contributed by atoms with Crippen molar-refractivity contribution in [1.29, 1.82) is 0 Å². The molecule has 0 radical (unpaired) electrons. The highest BCUT2D eigenvalue weighted by Gasteiger charge is 2.31. The smallest absolute Gasteiger partial charge is 0.326 e. The van der Waals surface area contributed by atoms with Gasteiger partial charge in [-0.25, -0.2) is 4.79 Å². The monoisotopic (exact) mass is 461 g/mol. The highest BCUT2D eigenvalue weighted by molar-refractivity contribution is 7.80. The lowest BCUT2D eigenvalue weighted by atomic mass is 9.99. The molecule has 0 aliphatic heterocycles. The summed E-state index contributed by atoms with van der Waals surface area (Å²) in [5, 5.41) is 16.4. The molecule has 0 fully saturated rings. The summed E-state index contributed by atoms with van der Waals surface area (Å²) in [6, 6.07) is -4.47. The van der Waals surface area contributed by atoms with E-state index >= 15 is 0 Å². The number of carbonyl (C=O) groups excluding carboxylic acids is 4. The standard InChI is InChI=1S/C19H35N5O6S/c1-5-10(4)15(21)18(28)24-13(8-31)17(27)22-11(6-9(2)3)16(26)23-12(19(29)30)7-14(20)25/h9-13,15,31H,5-8,21H2,1-4H3,(H2,20,25)(H,22,27)(H,23,26)(H,24,28)(H,29,30). The summed E-state index contributed by atoms with van der Waals surface area (Å²) in [7, 11) is 0. The molecule has 178 valence electrons. The van der Waals surface area contributed by atoms with Gasteiger partial charge in [-0.15, -0.1) is 0 Å². The third kappa shape index (κ3) is 10.5. The number of carbonyl (C=O) groups is 5. The second-order valence-corrected chi connectivity index (χ2v) is 8.28. The average Bonchev–Trinajstić information content (AvgIpc) is 2.68. The zero-order valence-electron chi connectivity index (χ0n) is 18.4. The highest BCUT2D eigenvalue weighted by atomic mass is 32.1. The molecule has 31 heavy (non-hydrogen) atoms. The largest absolute Gasteiger partial charge is 0.480 e. The number of carboxylic acids is 1. The van der Waals surface area contributed by atoms with Gasteiger partial charge in [-0.05, 0) is 18.3 Å². The molecule has 11 nitrogen and oxygen atoms in total. The second-order valence-electron chi connectivity index (χ2n) is 7.92. The minimum Gasteiger partial charge on any atom is -0.480 e. The molecular weight excluding hydrogens is 426 g/mol. The highest BCUT2D eigenvalue weighted by Crippen LogP contribution is 2.08. The summed E-state index contributed by atoms with van der Waals surface area (Å²) in [6.45, 7) is 7.33. The number of amides is 4. The van der Waals surface area contributed by atoms with Crippen molar-refractivity contribution >= 4 is 42.2 Å². The molecule has 8 N–H and O–H groups in total. The maximum Gasteiger partial charge on any atom is 0.326 e. The number of hydrogen-bond donors (Lipinski definition) is 7. The zero-order valence-corrected chi connectivity index (χ0v) is 19.3. The van der Waals surface area contributed by atoms with Crippen LogP contribution < -0.4 is 27.4 Å². The van der Waals surface area contributed by atoms with Crippen molar-refractivity contribution in [2.24, 2.45) is 23.3 Å². The summed E-state index contributed by atoms with van der Waals surface area (Å²) < 4.78 is 0. The normalized spacial score (nSPS) is 15.8. The van der Waals surface area contributed by atoms with Crippen molar-refractivity contribution in [1.82, 2.24) is 16.0 Å². The summed E-state index contributed by atoms with van der Waals surface area (Å²) in [5.41, 5.74) is 10.9. The number of rotatable bonds is 14. The second kappa shape index (κ2) is 13.9. The van der Waals surface area contributed by atoms with Crippen LogP contribution in [0.25, 0.3) is 0 Å². The Kier molecular flexibility index (Phi) is 12.8. The van der Waals surface area contributed by atoms with Gasteiger partial charge in [0.2, 0.25) is 23.6 Å². The van der Waals surface area contributed by atoms with Gasteiger partial charge in [0, 0.05) is 5.75 Å². The van der Waals surface area contributed by atoms with Crippen LogP contribution in [0.1, 0.15) is 47.0 Å². The topological polar surface area (TPSA) is 194 Å². The third-order valence-electron chi connectivity index (χ3n) is 4.74. The number of aliphatic carboxylic acids is 1. The van der Waals surface area contributed by atoms with Gasteiger partial charge < -0.3 is 32.5 Å². The van der Waals surface area contributed by atoms with Crippen LogP contribution in [0.3, 0.4) is 0 Å². The molecule has 0 aromatic carbocycles. The minimum absolute atomic E-state index is 0.0293. The number of nitrogens with one attached hydrogen (secondary N) is 3. The average molecular weight is 462 g/mol. The first-order valence-corrected chi connectivity index (χ1v) is 10.8. The molecule has 0 aromatic heterocycles. The Morgan fingerprint density at radius 2 is 1.39 bits per heavy atom. The number of primary amides is 1. The lowest BCUT2D eigenvalue weighted by Crippen LogP contribution is -2.58. The quantitative estimate of drug-likeness (QED) is 0.157. The van der Waals surface area contributed by atoms with Crippen LogP contribution in [0.15, 0.2) is 0 Å². The summed E-state index contributed by atoms with van der Waals surface area (Å²) in [4.78, 5) is 59.9. The van der Waals surface area contributed by atoms with E-state index in [1.807, 2.05) is 27.7 Å². The van der Waals surface area contributed by atoms with Gasteiger partial charge in [0.15, 0.2) is 0 Å². The molecule has 4 amide bonds. The maximum absolute atomic E-state index is 12.7. The minimum atomic E-state index is -1.52. The fourth-order valence-corrected chi connectivity index (χ4v) is 2.88. The van der Waals surface area contributed by atoms with Crippen molar-refractivity contribution in [3.8, 4) is 0 Å². The lowest BCUT2D eigenvalue weighted by Gasteiger charge is -2.26. The number of hydrogen-bond acceptors (Lipinski definition) is 7. The van der Waals surface area contributed by atoms with E-state index in [1.54, 1.807) is 0 Å². The van der Waals surface area contributed by atoms with Crippen molar-refractivity contribution in [3.63, 3.8) is 0 Å². The Morgan fingerprint density at radius 3 is 1.81 bits per heavy atom. The van der Waals surface area contributed by atoms with Crippen LogP contribution in [-0.2, 0) is 24.0 Å². The van der Waals surface area contributed by atoms with Crippen molar-refractivity contribution in [2.75, 3.05) is 5.75 Å². The molecule has 0 spiro atoms. The van der Waals surface area contributed by atoms with Crippen LogP contribution in [0.5, 0.6) is 0 Å². The van der Waals surface area contributed by atoms with Gasteiger partial charge in [-0.2, -0.15) is 12.6 Å². The first-order chi connectivity index (χ1) is 14.3. The van der Waals surface area contributed by atoms with E-state index in [1.165, 1.54) is 0 Å². The molecule has 0 heterocycles. The number of carboxylic acid groups (broad SMARTS) is 1. The first kappa shape index (κ1) is 28.7. The molecule has 0 aliphatic rings. The van der Waals surface area contributed by atoms with E-state index in [0.717, 1.165) is 0 Å².